The van der Waals surface area contributed by atoms with Gasteiger partial charge in [-0.25, -0.2) is 9.97 Å². The highest BCUT2D eigenvalue weighted by molar-refractivity contribution is 7.99. The molecule has 0 saturated heterocycles. The van der Waals surface area contributed by atoms with Crippen molar-refractivity contribution >= 4 is 23.3 Å². The standard InChI is InChI=1S/C19H20N4S/c1-14-7-9-16(10-8-14)24-19-17(20)18(22-13-23-19)21-12-11-15-5-3-2-4-6-15/h2-10,13H,11-12,20H2,1H3,(H,21,22,23). The molecule has 0 atom stereocenters. The van der Waals surface area contributed by atoms with Crippen LogP contribution >= 0.6 is 11.8 Å². The second-order valence-corrected chi connectivity index (χ2v) is 6.58. The maximum Gasteiger partial charge on any atom is 0.153 e. The third-order valence-electron chi connectivity index (χ3n) is 3.63. The molecule has 0 bridgehead atoms. The van der Waals surface area contributed by atoms with Crippen molar-refractivity contribution in [1.82, 2.24) is 9.97 Å². The Morgan fingerprint density at radius 2 is 1.75 bits per heavy atom. The third-order valence-corrected chi connectivity index (χ3v) is 4.66. The average molecular weight is 336 g/mol. The van der Waals surface area contributed by atoms with Gasteiger partial charge in [-0.15, -0.1) is 0 Å². The molecular weight excluding hydrogens is 316 g/mol. The molecule has 5 heteroatoms. The highest BCUT2D eigenvalue weighted by Crippen LogP contribution is 2.32. The van der Waals surface area contributed by atoms with Crippen LogP contribution in [0.15, 0.2) is 70.8 Å². The fourth-order valence-electron chi connectivity index (χ4n) is 2.29. The minimum absolute atomic E-state index is 0.594. The maximum atomic E-state index is 6.23. The number of anilines is 2. The third kappa shape index (κ3) is 4.26. The number of nitrogens with one attached hydrogen (secondary N) is 1. The second kappa shape index (κ2) is 7.84. The molecular formula is C19H20N4S. The molecule has 0 amide bonds. The van der Waals surface area contributed by atoms with Gasteiger partial charge in [0, 0.05) is 11.4 Å². The van der Waals surface area contributed by atoms with Crippen LogP contribution in [0.5, 0.6) is 0 Å². The lowest BCUT2D eigenvalue weighted by Crippen LogP contribution is -2.09. The largest absolute Gasteiger partial charge is 0.394 e. The summed E-state index contributed by atoms with van der Waals surface area (Å²) in [6, 6.07) is 18.7. The number of rotatable bonds is 6. The monoisotopic (exact) mass is 336 g/mol. The smallest absolute Gasteiger partial charge is 0.153 e. The topological polar surface area (TPSA) is 63.8 Å². The Kier molecular flexibility index (Phi) is 5.33. The molecule has 3 aromatic rings. The summed E-state index contributed by atoms with van der Waals surface area (Å²) in [5.74, 6) is 0.690. The number of aromatic nitrogens is 2. The highest BCUT2D eigenvalue weighted by Gasteiger charge is 2.09. The van der Waals surface area contributed by atoms with Crippen molar-refractivity contribution in [2.45, 2.75) is 23.3 Å². The van der Waals surface area contributed by atoms with Crippen LogP contribution in [0.1, 0.15) is 11.1 Å². The maximum absolute atomic E-state index is 6.23. The summed E-state index contributed by atoms with van der Waals surface area (Å²) in [5.41, 5.74) is 9.34. The highest BCUT2D eigenvalue weighted by atomic mass is 32.2. The molecule has 0 aliphatic carbocycles. The molecule has 0 fully saturated rings. The SMILES string of the molecule is Cc1ccc(Sc2ncnc(NCCc3ccccc3)c2N)cc1. The van der Waals surface area contributed by atoms with Gasteiger partial charge >= 0.3 is 0 Å². The number of hydrogen-bond donors (Lipinski definition) is 2. The molecule has 0 radical (unpaired) electrons. The van der Waals surface area contributed by atoms with Gasteiger partial charge in [-0.3, -0.25) is 0 Å². The zero-order valence-corrected chi connectivity index (χ0v) is 14.4. The lowest BCUT2D eigenvalue weighted by atomic mass is 10.1. The van der Waals surface area contributed by atoms with Crippen LogP contribution in [0.4, 0.5) is 11.5 Å². The van der Waals surface area contributed by atoms with Crippen LogP contribution in [0, 0.1) is 6.92 Å². The number of aryl methyl sites for hydroxylation is 1. The zero-order valence-electron chi connectivity index (χ0n) is 13.6. The normalized spacial score (nSPS) is 10.5. The first-order valence-corrected chi connectivity index (χ1v) is 8.67. The zero-order chi connectivity index (χ0) is 16.8. The summed E-state index contributed by atoms with van der Waals surface area (Å²) >= 11 is 1.55. The molecule has 2 aromatic carbocycles. The van der Waals surface area contributed by atoms with Gasteiger partial charge in [0.05, 0.1) is 0 Å². The Labute approximate surface area is 146 Å². The summed E-state index contributed by atoms with van der Waals surface area (Å²) in [5, 5.41) is 4.08. The Hall–Kier alpha value is -2.53. The fraction of sp³-hybridized carbons (Fsp3) is 0.158. The van der Waals surface area contributed by atoms with E-state index in [1.54, 1.807) is 18.1 Å². The van der Waals surface area contributed by atoms with E-state index in [2.05, 4.69) is 58.6 Å². The van der Waals surface area contributed by atoms with E-state index in [1.807, 2.05) is 18.2 Å². The molecule has 0 aliphatic heterocycles. The van der Waals surface area contributed by atoms with Crippen molar-refractivity contribution in [3.05, 3.63) is 72.1 Å². The number of benzene rings is 2. The first-order valence-electron chi connectivity index (χ1n) is 7.85. The van der Waals surface area contributed by atoms with E-state index >= 15 is 0 Å². The van der Waals surface area contributed by atoms with Crippen molar-refractivity contribution in [2.24, 2.45) is 0 Å². The van der Waals surface area contributed by atoms with Crippen LogP contribution in [0.3, 0.4) is 0 Å². The Morgan fingerprint density at radius 1 is 1.00 bits per heavy atom. The quantitative estimate of drug-likeness (QED) is 0.661. The number of nitrogens with two attached hydrogens (primary N) is 1. The summed E-state index contributed by atoms with van der Waals surface area (Å²) < 4.78 is 0. The Bertz CT molecular complexity index is 788. The van der Waals surface area contributed by atoms with Gasteiger partial charge in [-0.05, 0) is 31.0 Å². The van der Waals surface area contributed by atoms with Crippen LogP contribution in [0.2, 0.25) is 0 Å². The van der Waals surface area contributed by atoms with Gasteiger partial charge in [-0.1, -0.05) is 59.8 Å². The molecule has 3 rings (SSSR count). The van der Waals surface area contributed by atoms with Gasteiger partial charge in [-0.2, -0.15) is 0 Å². The molecule has 0 unspecified atom stereocenters. The summed E-state index contributed by atoms with van der Waals surface area (Å²) in [4.78, 5) is 9.69. The molecule has 0 aliphatic rings. The van der Waals surface area contributed by atoms with E-state index in [0.717, 1.165) is 22.9 Å². The van der Waals surface area contributed by atoms with Crippen molar-refractivity contribution in [1.29, 1.82) is 0 Å². The molecule has 24 heavy (non-hydrogen) atoms. The summed E-state index contributed by atoms with van der Waals surface area (Å²) in [6.45, 7) is 2.85. The molecule has 1 aromatic heterocycles. The van der Waals surface area contributed by atoms with Crippen molar-refractivity contribution < 1.29 is 0 Å². The molecule has 0 saturated carbocycles. The number of nitrogen functional groups attached to an aromatic ring is 1. The van der Waals surface area contributed by atoms with Gasteiger partial charge in [0.25, 0.3) is 0 Å². The van der Waals surface area contributed by atoms with Crippen molar-refractivity contribution in [3.63, 3.8) is 0 Å². The van der Waals surface area contributed by atoms with Crippen LogP contribution in [-0.4, -0.2) is 16.5 Å². The van der Waals surface area contributed by atoms with Gasteiger partial charge in [0.1, 0.15) is 17.0 Å². The Morgan fingerprint density at radius 3 is 2.50 bits per heavy atom. The van der Waals surface area contributed by atoms with Gasteiger partial charge in [0.2, 0.25) is 0 Å². The first kappa shape index (κ1) is 16.3. The fourth-order valence-corrected chi connectivity index (χ4v) is 3.09. The van der Waals surface area contributed by atoms with E-state index < -0.39 is 0 Å². The van der Waals surface area contributed by atoms with Crippen LogP contribution < -0.4 is 11.1 Å². The second-order valence-electron chi connectivity index (χ2n) is 5.52. The average Bonchev–Trinajstić information content (AvgIpc) is 2.61. The van der Waals surface area contributed by atoms with E-state index in [4.69, 9.17) is 5.73 Å². The lowest BCUT2D eigenvalue weighted by Gasteiger charge is -2.11. The molecule has 122 valence electrons. The van der Waals surface area contributed by atoms with E-state index in [9.17, 15) is 0 Å². The van der Waals surface area contributed by atoms with Gasteiger partial charge < -0.3 is 11.1 Å². The predicted octanol–water partition coefficient (Wildman–Crippen LogP) is 4.17. The van der Waals surface area contributed by atoms with Crippen LogP contribution in [0.25, 0.3) is 0 Å². The minimum atomic E-state index is 0.594. The predicted molar refractivity (Wildman–Crippen MR) is 100 cm³/mol. The first-order chi connectivity index (χ1) is 11.7. The summed E-state index contributed by atoms with van der Waals surface area (Å²) in [6.07, 6.45) is 2.47. The molecule has 3 N–H and O–H groups in total. The number of hydrogen-bond acceptors (Lipinski definition) is 5. The van der Waals surface area contributed by atoms with E-state index in [0.29, 0.717) is 11.5 Å². The molecule has 0 spiro atoms. The van der Waals surface area contributed by atoms with Crippen molar-refractivity contribution in [2.75, 3.05) is 17.6 Å². The molecule has 4 nitrogen and oxygen atoms in total. The van der Waals surface area contributed by atoms with E-state index in [-0.39, 0.29) is 0 Å². The van der Waals surface area contributed by atoms with Crippen LogP contribution in [-0.2, 0) is 6.42 Å². The Balaban J connectivity index is 1.65. The van der Waals surface area contributed by atoms with Crippen molar-refractivity contribution in [3.8, 4) is 0 Å². The number of nitrogens with zero attached hydrogens (tertiary/aromatic N) is 2. The minimum Gasteiger partial charge on any atom is -0.394 e. The lowest BCUT2D eigenvalue weighted by molar-refractivity contribution is 0.984. The summed E-state index contributed by atoms with van der Waals surface area (Å²) in [7, 11) is 0. The molecule has 1 heterocycles. The van der Waals surface area contributed by atoms with Gasteiger partial charge in [0.15, 0.2) is 5.82 Å². The van der Waals surface area contributed by atoms with E-state index in [1.165, 1.54) is 11.1 Å².